The molecular weight excluding hydrogens is 140 g/mol. The summed E-state index contributed by atoms with van der Waals surface area (Å²) in [5, 5.41) is 8.63. The summed E-state index contributed by atoms with van der Waals surface area (Å²) in [5.74, 6) is -0.606. The minimum atomic E-state index is -0.732. The van der Waals surface area contributed by atoms with E-state index in [0.29, 0.717) is 12.3 Å². The van der Waals surface area contributed by atoms with Crippen molar-refractivity contribution < 1.29 is 9.90 Å². The quantitative estimate of drug-likeness (QED) is 0.634. The van der Waals surface area contributed by atoms with Crippen molar-refractivity contribution >= 4 is 5.97 Å². The van der Waals surface area contributed by atoms with Crippen LogP contribution in [0.5, 0.6) is 0 Å². The van der Waals surface area contributed by atoms with Crippen LogP contribution >= 0.6 is 0 Å². The zero-order valence-corrected chi connectivity index (χ0v) is 7.37. The Balaban J connectivity index is 3.97. The number of carboxylic acids is 1. The summed E-state index contributed by atoms with van der Waals surface area (Å²) in [6, 6.07) is 0. The molecule has 0 aliphatic carbocycles. The van der Waals surface area contributed by atoms with Crippen LogP contribution in [0.15, 0.2) is 12.2 Å². The first-order valence-corrected chi connectivity index (χ1v) is 3.99. The van der Waals surface area contributed by atoms with Crippen molar-refractivity contribution in [2.45, 2.75) is 27.2 Å². The van der Waals surface area contributed by atoms with Gasteiger partial charge >= 0.3 is 5.97 Å². The lowest BCUT2D eigenvalue weighted by Crippen LogP contribution is -2.09. The molecular formula is C9H16O2. The van der Waals surface area contributed by atoms with Crippen molar-refractivity contribution in [3.8, 4) is 0 Å². The summed E-state index contributed by atoms with van der Waals surface area (Å²) in [7, 11) is 0. The second-order valence-electron chi connectivity index (χ2n) is 2.98. The van der Waals surface area contributed by atoms with Crippen LogP contribution in [0.2, 0.25) is 0 Å². The first-order chi connectivity index (χ1) is 5.07. The van der Waals surface area contributed by atoms with Crippen molar-refractivity contribution in [1.29, 1.82) is 0 Å². The Hall–Kier alpha value is -0.790. The van der Waals surface area contributed by atoms with Gasteiger partial charge in [0.05, 0.1) is 5.92 Å². The maximum Gasteiger partial charge on any atom is 0.310 e. The van der Waals surface area contributed by atoms with Gasteiger partial charge in [0.25, 0.3) is 0 Å². The summed E-state index contributed by atoms with van der Waals surface area (Å²) >= 11 is 0. The normalized spacial score (nSPS) is 14.2. The Kier molecular flexibility index (Phi) is 4.59. The Morgan fingerprint density at radius 1 is 1.45 bits per heavy atom. The predicted molar refractivity (Wildman–Crippen MR) is 45.4 cm³/mol. The average molecular weight is 156 g/mol. The van der Waals surface area contributed by atoms with Gasteiger partial charge in [-0.2, -0.15) is 0 Å². The average Bonchev–Trinajstić information content (AvgIpc) is 1.87. The van der Waals surface area contributed by atoms with E-state index in [4.69, 9.17) is 5.11 Å². The second kappa shape index (κ2) is 4.94. The highest BCUT2D eigenvalue weighted by molar-refractivity contribution is 5.71. The maximum atomic E-state index is 10.5. The van der Waals surface area contributed by atoms with Gasteiger partial charge in [0.15, 0.2) is 0 Å². The monoisotopic (exact) mass is 156 g/mol. The van der Waals surface area contributed by atoms with Crippen molar-refractivity contribution in [1.82, 2.24) is 0 Å². The van der Waals surface area contributed by atoms with Crippen molar-refractivity contribution in [2.75, 3.05) is 0 Å². The summed E-state index contributed by atoms with van der Waals surface area (Å²) in [6.07, 6.45) is 4.37. The van der Waals surface area contributed by atoms with Crippen LogP contribution in [-0.4, -0.2) is 11.1 Å². The number of aliphatic carboxylic acids is 1. The number of hydrogen-bond acceptors (Lipinski definition) is 1. The molecule has 64 valence electrons. The molecule has 0 aromatic heterocycles. The smallest absolute Gasteiger partial charge is 0.310 e. The standard InChI is InChI=1S/C9H16O2/c1-4-8(9(10)11)6-5-7(2)3/h5-8H,4H2,1-3H3,(H,10,11). The fourth-order valence-electron chi connectivity index (χ4n) is 0.749. The minimum absolute atomic E-state index is 0.308. The van der Waals surface area contributed by atoms with Crippen LogP contribution in [-0.2, 0) is 4.79 Å². The Labute approximate surface area is 67.9 Å². The van der Waals surface area contributed by atoms with E-state index in [2.05, 4.69) is 0 Å². The van der Waals surface area contributed by atoms with Crippen LogP contribution in [0.3, 0.4) is 0 Å². The van der Waals surface area contributed by atoms with Gasteiger partial charge in [0, 0.05) is 0 Å². The summed E-state index contributed by atoms with van der Waals surface area (Å²) in [5.41, 5.74) is 0. The fraction of sp³-hybridized carbons (Fsp3) is 0.667. The van der Waals surface area contributed by atoms with E-state index in [0.717, 1.165) is 0 Å². The first kappa shape index (κ1) is 10.2. The molecule has 1 unspecified atom stereocenters. The molecule has 0 radical (unpaired) electrons. The number of rotatable bonds is 4. The molecule has 0 saturated carbocycles. The molecule has 0 rings (SSSR count). The van der Waals surface area contributed by atoms with E-state index < -0.39 is 5.97 Å². The van der Waals surface area contributed by atoms with Crippen molar-refractivity contribution in [2.24, 2.45) is 11.8 Å². The molecule has 0 amide bonds. The lowest BCUT2D eigenvalue weighted by atomic mass is 10.0. The summed E-state index contributed by atoms with van der Waals surface area (Å²) in [6.45, 7) is 5.94. The molecule has 2 nitrogen and oxygen atoms in total. The molecule has 0 heterocycles. The predicted octanol–water partition coefficient (Wildman–Crippen LogP) is 2.31. The fourth-order valence-corrected chi connectivity index (χ4v) is 0.749. The molecule has 0 aliphatic rings. The highest BCUT2D eigenvalue weighted by atomic mass is 16.4. The van der Waals surface area contributed by atoms with Crippen LogP contribution in [0, 0.1) is 11.8 Å². The lowest BCUT2D eigenvalue weighted by Gasteiger charge is -2.02. The lowest BCUT2D eigenvalue weighted by molar-refractivity contribution is -0.140. The van der Waals surface area contributed by atoms with E-state index in [1.165, 1.54) is 0 Å². The maximum absolute atomic E-state index is 10.5. The molecule has 0 saturated heterocycles. The zero-order valence-electron chi connectivity index (χ0n) is 7.37. The van der Waals surface area contributed by atoms with Crippen molar-refractivity contribution in [3.63, 3.8) is 0 Å². The summed E-state index contributed by atoms with van der Waals surface area (Å²) < 4.78 is 0. The summed E-state index contributed by atoms with van der Waals surface area (Å²) in [4.78, 5) is 10.5. The molecule has 0 bridgehead atoms. The number of carboxylic acid groups (broad SMARTS) is 1. The van der Waals surface area contributed by atoms with Gasteiger partial charge < -0.3 is 5.11 Å². The van der Waals surface area contributed by atoms with Gasteiger partial charge in [-0.15, -0.1) is 0 Å². The van der Waals surface area contributed by atoms with Gasteiger partial charge in [-0.25, -0.2) is 0 Å². The third kappa shape index (κ3) is 4.59. The molecule has 11 heavy (non-hydrogen) atoms. The Morgan fingerprint density at radius 2 is 2.00 bits per heavy atom. The number of allylic oxidation sites excluding steroid dienone is 1. The van der Waals surface area contributed by atoms with Gasteiger partial charge in [-0.1, -0.05) is 32.9 Å². The molecule has 0 aromatic carbocycles. The minimum Gasteiger partial charge on any atom is -0.481 e. The molecule has 2 heteroatoms. The Morgan fingerprint density at radius 3 is 2.27 bits per heavy atom. The van der Waals surface area contributed by atoms with Crippen LogP contribution in [0.1, 0.15) is 27.2 Å². The molecule has 0 fully saturated rings. The van der Waals surface area contributed by atoms with Gasteiger partial charge in [0.2, 0.25) is 0 Å². The van der Waals surface area contributed by atoms with Crippen LogP contribution in [0.25, 0.3) is 0 Å². The molecule has 0 spiro atoms. The Bertz CT molecular complexity index is 148. The van der Waals surface area contributed by atoms with Gasteiger partial charge in [-0.05, 0) is 12.3 Å². The van der Waals surface area contributed by atoms with Gasteiger partial charge in [0.1, 0.15) is 0 Å². The second-order valence-corrected chi connectivity index (χ2v) is 2.98. The van der Waals surface area contributed by atoms with Crippen molar-refractivity contribution in [3.05, 3.63) is 12.2 Å². The van der Waals surface area contributed by atoms with Gasteiger partial charge in [-0.3, -0.25) is 4.79 Å². The largest absolute Gasteiger partial charge is 0.481 e. The van der Waals surface area contributed by atoms with E-state index in [1.54, 1.807) is 6.08 Å². The zero-order chi connectivity index (χ0) is 8.85. The highest BCUT2D eigenvalue weighted by Gasteiger charge is 2.09. The van der Waals surface area contributed by atoms with E-state index >= 15 is 0 Å². The van der Waals surface area contributed by atoms with E-state index in [1.807, 2.05) is 26.8 Å². The molecule has 1 N–H and O–H groups in total. The first-order valence-electron chi connectivity index (χ1n) is 3.99. The highest BCUT2D eigenvalue weighted by Crippen LogP contribution is 2.06. The van der Waals surface area contributed by atoms with Crippen LogP contribution < -0.4 is 0 Å². The molecule has 0 aromatic rings. The number of hydrogen-bond donors (Lipinski definition) is 1. The third-order valence-corrected chi connectivity index (χ3v) is 1.49. The topological polar surface area (TPSA) is 37.3 Å². The van der Waals surface area contributed by atoms with E-state index in [9.17, 15) is 4.79 Å². The SMILES string of the molecule is CCC(C=CC(C)C)C(=O)O. The number of carbonyl (C=O) groups is 1. The van der Waals surface area contributed by atoms with E-state index in [-0.39, 0.29) is 5.92 Å². The molecule has 1 atom stereocenters. The van der Waals surface area contributed by atoms with Crippen LogP contribution in [0.4, 0.5) is 0 Å². The molecule has 0 aliphatic heterocycles. The third-order valence-electron chi connectivity index (χ3n) is 1.49.